The molecule has 39 heavy (non-hydrogen) atoms. The Bertz CT molecular complexity index is 1500. The summed E-state index contributed by atoms with van der Waals surface area (Å²) in [6, 6.07) is 25.6. The third kappa shape index (κ3) is 6.16. The van der Waals surface area contributed by atoms with Crippen LogP contribution < -0.4 is 11.4 Å². The molecule has 0 radical (unpaired) electrons. The first kappa shape index (κ1) is 27.6. The summed E-state index contributed by atoms with van der Waals surface area (Å²) in [6.45, 7) is 7.20. The summed E-state index contributed by atoms with van der Waals surface area (Å²) in [7, 11) is 0. The number of rotatable bonds is 10. The fraction of sp³-hybridized carbons (Fsp3) is 0.290. The number of aromatic nitrogens is 3. The molecule has 3 aromatic carbocycles. The molecular formula is C31H34N6O2. The highest BCUT2D eigenvalue weighted by atomic mass is 16.2. The average Bonchev–Trinajstić information content (AvgIpc) is 3.26. The summed E-state index contributed by atoms with van der Waals surface area (Å²) < 4.78 is 3.00. The Morgan fingerprint density at radius 3 is 2.28 bits per heavy atom. The minimum Gasteiger partial charge on any atom is -0.330 e. The number of benzene rings is 3. The summed E-state index contributed by atoms with van der Waals surface area (Å²) in [4.78, 5) is 29.6. The summed E-state index contributed by atoms with van der Waals surface area (Å²) >= 11 is 0. The van der Waals surface area contributed by atoms with Gasteiger partial charge in [0.2, 0.25) is 0 Å². The van der Waals surface area contributed by atoms with E-state index in [0.717, 1.165) is 11.1 Å². The molecule has 1 heterocycles. The molecule has 1 unspecified atom stereocenters. The molecule has 0 saturated carbocycles. The van der Waals surface area contributed by atoms with Gasteiger partial charge in [0.05, 0.1) is 29.9 Å². The second-order valence-electron chi connectivity index (χ2n) is 9.98. The second kappa shape index (κ2) is 12.4. The summed E-state index contributed by atoms with van der Waals surface area (Å²) in [6.07, 6.45) is 0.611. The fourth-order valence-corrected chi connectivity index (χ4v) is 4.68. The first-order chi connectivity index (χ1) is 18.8. The Morgan fingerprint density at radius 1 is 1.03 bits per heavy atom. The van der Waals surface area contributed by atoms with Gasteiger partial charge in [-0.2, -0.15) is 9.94 Å². The first-order valence-corrected chi connectivity index (χ1v) is 13.2. The lowest BCUT2D eigenvalue weighted by Crippen LogP contribution is -2.40. The minimum atomic E-state index is -0.485. The normalized spacial score (nSPS) is 11.8. The average molecular weight is 523 g/mol. The Hall–Kier alpha value is -4.48. The van der Waals surface area contributed by atoms with Gasteiger partial charge in [-0.15, -0.1) is 5.10 Å². The van der Waals surface area contributed by atoms with Crippen LogP contribution in [0.15, 0.2) is 83.7 Å². The monoisotopic (exact) mass is 522 g/mol. The van der Waals surface area contributed by atoms with Crippen molar-refractivity contribution in [1.82, 2.24) is 19.2 Å². The van der Waals surface area contributed by atoms with Crippen LogP contribution in [0.5, 0.6) is 0 Å². The van der Waals surface area contributed by atoms with Gasteiger partial charge in [0.1, 0.15) is 0 Å². The Morgan fingerprint density at radius 2 is 1.69 bits per heavy atom. The maximum atomic E-state index is 13.9. The van der Waals surface area contributed by atoms with Gasteiger partial charge in [0, 0.05) is 12.1 Å². The molecule has 8 heteroatoms. The van der Waals surface area contributed by atoms with Crippen LogP contribution in [0, 0.1) is 24.2 Å². The van der Waals surface area contributed by atoms with E-state index in [9.17, 15) is 14.9 Å². The number of nitrogens with zero attached hydrogens (tertiary/aromatic N) is 5. The van der Waals surface area contributed by atoms with Gasteiger partial charge < -0.3 is 10.6 Å². The number of nitriles is 1. The minimum absolute atomic E-state index is 0.0529. The highest BCUT2D eigenvalue weighted by Crippen LogP contribution is 2.30. The van der Waals surface area contributed by atoms with E-state index in [1.807, 2.05) is 75.4 Å². The SMILES string of the molecule is Cc1ccc(C(=O)N(CCCN)C(c2nn(-c3ccc(C#N)cc3)c(=O)n2Cc2ccccc2)C(C)C)cc1. The van der Waals surface area contributed by atoms with Crippen molar-refractivity contribution in [2.45, 2.75) is 39.8 Å². The predicted octanol–water partition coefficient (Wildman–Crippen LogP) is 4.45. The van der Waals surface area contributed by atoms with Gasteiger partial charge >= 0.3 is 5.69 Å². The standard InChI is InChI=1S/C31H34N6O2/c1-22(2)28(35(19-7-18-32)30(38)26-14-10-23(3)11-15-26)29-34-37(27-16-12-24(20-33)13-17-27)31(39)36(29)21-25-8-5-4-6-9-25/h4-6,8-17,22,28H,7,18-19,21,32H2,1-3H3. The van der Waals surface area contributed by atoms with Crippen molar-refractivity contribution in [3.05, 3.63) is 117 Å². The molecule has 4 rings (SSSR count). The van der Waals surface area contributed by atoms with E-state index in [1.54, 1.807) is 33.7 Å². The molecule has 1 aromatic heterocycles. The summed E-state index contributed by atoms with van der Waals surface area (Å²) in [5, 5.41) is 14.0. The molecule has 1 amide bonds. The Balaban J connectivity index is 1.88. The zero-order valence-electron chi connectivity index (χ0n) is 22.6. The topological polar surface area (TPSA) is 110 Å². The van der Waals surface area contributed by atoms with E-state index < -0.39 is 6.04 Å². The van der Waals surface area contributed by atoms with Gasteiger partial charge in [-0.05, 0) is 67.8 Å². The van der Waals surface area contributed by atoms with Crippen molar-refractivity contribution in [2.75, 3.05) is 13.1 Å². The van der Waals surface area contributed by atoms with Crippen LogP contribution in [0.2, 0.25) is 0 Å². The highest BCUT2D eigenvalue weighted by Gasteiger charge is 2.34. The zero-order chi connectivity index (χ0) is 27.9. The number of carbonyl (C=O) groups is 1. The Kier molecular flexibility index (Phi) is 8.74. The van der Waals surface area contributed by atoms with Crippen molar-refractivity contribution in [3.8, 4) is 11.8 Å². The van der Waals surface area contributed by atoms with Crippen LogP contribution in [0.25, 0.3) is 5.69 Å². The molecule has 1 atom stereocenters. The van der Waals surface area contributed by atoms with Crippen LogP contribution in [0.4, 0.5) is 0 Å². The van der Waals surface area contributed by atoms with E-state index in [-0.39, 0.29) is 17.5 Å². The lowest BCUT2D eigenvalue weighted by atomic mass is 9.99. The molecule has 0 saturated heterocycles. The van der Waals surface area contributed by atoms with E-state index in [0.29, 0.717) is 48.7 Å². The molecule has 4 aromatic rings. The van der Waals surface area contributed by atoms with Crippen molar-refractivity contribution in [3.63, 3.8) is 0 Å². The van der Waals surface area contributed by atoms with Crippen molar-refractivity contribution < 1.29 is 4.79 Å². The van der Waals surface area contributed by atoms with E-state index >= 15 is 0 Å². The van der Waals surface area contributed by atoms with Crippen molar-refractivity contribution in [1.29, 1.82) is 5.26 Å². The molecule has 0 aliphatic heterocycles. The Labute approximate surface area is 228 Å². The lowest BCUT2D eigenvalue weighted by molar-refractivity contribution is 0.0603. The molecule has 0 bridgehead atoms. The van der Waals surface area contributed by atoms with Crippen LogP contribution >= 0.6 is 0 Å². The number of hydrogen-bond acceptors (Lipinski definition) is 5. The number of nitrogens with two attached hydrogens (primary N) is 1. The number of aryl methyl sites for hydroxylation is 1. The van der Waals surface area contributed by atoms with E-state index in [2.05, 4.69) is 6.07 Å². The molecule has 0 fully saturated rings. The second-order valence-corrected chi connectivity index (χ2v) is 9.98. The van der Waals surface area contributed by atoms with Crippen LogP contribution in [-0.2, 0) is 6.54 Å². The molecule has 0 spiro atoms. The quantitative estimate of drug-likeness (QED) is 0.331. The van der Waals surface area contributed by atoms with Crippen LogP contribution in [0.3, 0.4) is 0 Å². The molecule has 0 aliphatic carbocycles. The maximum absolute atomic E-state index is 13.9. The van der Waals surface area contributed by atoms with E-state index in [4.69, 9.17) is 10.8 Å². The largest absolute Gasteiger partial charge is 0.351 e. The zero-order valence-corrected chi connectivity index (χ0v) is 22.6. The van der Waals surface area contributed by atoms with Crippen LogP contribution in [0.1, 0.15) is 59.2 Å². The number of amides is 1. The van der Waals surface area contributed by atoms with Crippen molar-refractivity contribution >= 4 is 5.91 Å². The first-order valence-electron chi connectivity index (χ1n) is 13.2. The molecule has 200 valence electrons. The predicted molar refractivity (Wildman–Crippen MR) is 152 cm³/mol. The molecular weight excluding hydrogens is 488 g/mol. The lowest BCUT2D eigenvalue weighted by Gasteiger charge is -2.34. The third-order valence-electron chi connectivity index (χ3n) is 6.71. The van der Waals surface area contributed by atoms with Gasteiger partial charge in [-0.1, -0.05) is 61.9 Å². The molecule has 0 aliphatic rings. The number of carbonyl (C=O) groups excluding carboxylic acids is 1. The van der Waals surface area contributed by atoms with Gasteiger partial charge in [0.15, 0.2) is 5.82 Å². The summed E-state index contributed by atoms with van der Waals surface area (Å²) in [5.41, 5.74) is 9.19. The maximum Gasteiger partial charge on any atom is 0.351 e. The fourth-order valence-electron chi connectivity index (χ4n) is 4.68. The summed E-state index contributed by atoms with van der Waals surface area (Å²) in [5.74, 6) is 0.317. The van der Waals surface area contributed by atoms with Crippen molar-refractivity contribution in [2.24, 2.45) is 11.7 Å². The molecule has 2 N–H and O–H groups in total. The molecule has 8 nitrogen and oxygen atoms in total. The van der Waals surface area contributed by atoms with Gasteiger partial charge in [-0.3, -0.25) is 9.36 Å². The van der Waals surface area contributed by atoms with Gasteiger partial charge in [-0.25, -0.2) is 4.79 Å². The number of hydrogen-bond donors (Lipinski definition) is 1. The highest BCUT2D eigenvalue weighted by molar-refractivity contribution is 5.94. The van der Waals surface area contributed by atoms with Crippen LogP contribution in [-0.4, -0.2) is 38.2 Å². The third-order valence-corrected chi connectivity index (χ3v) is 6.71. The van der Waals surface area contributed by atoms with E-state index in [1.165, 1.54) is 4.68 Å². The van der Waals surface area contributed by atoms with Gasteiger partial charge in [0.25, 0.3) is 5.91 Å². The smallest absolute Gasteiger partial charge is 0.330 e.